The lowest BCUT2D eigenvalue weighted by Gasteiger charge is -2.17. The minimum absolute atomic E-state index is 0.0267. The second-order valence-electron chi connectivity index (χ2n) is 4.48. The van der Waals surface area contributed by atoms with Crippen molar-refractivity contribution in [3.63, 3.8) is 0 Å². The van der Waals surface area contributed by atoms with Crippen LogP contribution in [0, 0.1) is 5.41 Å². The smallest absolute Gasteiger partial charge is 0.236 e. The van der Waals surface area contributed by atoms with Crippen LogP contribution in [0.15, 0.2) is 0 Å². The molecule has 3 N–H and O–H groups in total. The van der Waals surface area contributed by atoms with Crippen LogP contribution in [0.3, 0.4) is 0 Å². The van der Waals surface area contributed by atoms with Gasteiger partial charge in [-0.1, -0.05) is 6.92 Å². The fraction of sp³-hybridized carbons (Fsp3) is 0.909. The van der Waals surface area contributed by atoms with Gasteiger partial charge in [0.05, 0.1) is 6.04 Å². The molecular weight excluding hydrogens is 192 g/mol. The van der Waals surface area contributed by atoms with E-state index in [0.29, 0.717) is 11.8 Å². The quantitative estimate of drug-likeness (QED) is 0.654. The highest BCUT2D eigenvalue weighted by Crippen LogP contribution is 2.48. The molecule has 4 heteroatoms. The van der Waals surface area contributed by atoms with Gasteiger partial charge < -0.3 is 15.8 Å². The van der Waals surface area contributed by atoms with Crippen LogP contribution in [0.2, 0.25) is 0 Å². The van der Waals surface area contributed by atoms with Gasteiger partial charge in [0, 0.05) is 20.3 Å². The van der Waals surface area contributed by atoms with E-state index >= 15 is 0 Å². The highest BCUT2D eigenvalue weighted by molar-refractivity contribution is 5.81. The van der Waals surface area contributed by atoms with Crippen molar-refractivity contribution in [2.45, 2.75) is 38.6 Å². The van der Waals surface area contributed by atoms with Crippen LogP contribution in [0.1, 0.15) is 32.6 Å². The first-order valence-corrected chi connectivity index (χ1v) is 5.66. The van der Waals surface area contributed by atoms with Crippen molar-refractivity contribution in [3.8, 4) is 0 Å². The summed E-state index contributed by atoms with van der Waals surface area (Å²) in [4.78, 5) is 11.5. The van der Waals surface area contributed by atoms with E-state index in [1.807, 2.05) is 6.92 Å². The molecule has 1 aliphatic carbocycles. The summed E-state index contributed by atoms with van der Waals surface area (Å²) in [6, 6.07) is -0.358. The largest absolute Gasteiger partial charge is 0.385 e. The first-order valence-electron chi connectivity index (χ1n) is 5.66. The summed E-state index contributed by atoms with van der Waals surface area (Å²) in [5.41, 5.74) is 5.93. The van der Waals surface area contributed by atoms with Gasteiger partial charge in [-0.05, 0) is 31.1 Å². The number of nitrogens with two attached hydrogens (primary N) is 1. The third-order valence-corrected chi connectivity index (χ3v) is 3.21. The van der Waals surface area contributed by atoms with Crippen LogP contribution in [0.25, 0.3) is 0 Å². The minimum Gasteiger partial charge on any atom is -0.385 e. The monoisotopic (exact) mass is 214 g/mol. The second kappa shape index (κ2) is 5.47. The Kier molecular flexibility index (Phi) is 4.54. The van der Waals surface area contributed by atoms with Gasteiger partial charge in [-0.25, -0.2) is 0 Å². The van der Waals surface area contributed by atoms with Crippen LogP contribution >= 0.6 is 0 Å². The van der Waals surface area contributed by atoms with Gasteiger partial charge in [0.15, 0.2) is 0 Å². The molecule has 0 aromatic rings. The summed E-state index contributed by atoms with van der Waals surface area (Å²) in [6.07, 6.45) is 4.11. The van der Waals surface area contributed by atoms with Gasteiger partial charge in [-0.3, -0.25) is 4.79 Å². The molecule has 1 amide bonds. The van der Waals surface area contributed by atoms with E-state index in [2.05, 4.69) is 5.32 Å². The molecule has 0 aliphatic heterocycles. The summed E-state index contributed by atoms with van der Waals surface area (Å²) in [7, 11) is 1.71. The molecule has 0 bridgehead atoms. The maximum atomic E-state index is 11.5. The highest BCUT2D eigenvalue weighted by Gasteiger charge is 2.42. The first kappa shape index (κ1) is 12.5. The lowest BCUT2D eigenvalue weighted by atomic mass is 10.0. The first-order chi connectivity index (χ1) is 7.13. The van der Waals surface area contributed by atoms with Crippen LogP contribution in [0.4, 0.5) is 0 Å². The maximum absolute atomic E-state index is 11.5. The average Bonchev–Trinajstić information content (AvgIpc) is 3.03. The highest BCUT2D eigenvalue weighted by atomic mass is 16.5. The Morgan fingerprint density at radius 3 is 2.73 bits per heavy atom. The number of rotatable bonds is 7. The van der Waals surface area contributed by atoms with Crippen molar-refractivity contribution in [3.05, 3.63) is 0 Å². The zero-order valence-electron chi connectivity index (χ0n) is 9.71. The Hall–Kier alpha value is -0.610. The van der Waals surface area contributed by atoms with E-state index < -0.39 is 0 Å². The molecule has 0 aromatic carbocycles. The van der Waals surface area contributed by atoms with Crippen molar-refractivity contribution < 1.29 is 9.53 Å². The van der Waals surface area contributed by atoms with E-state index in [0.717, 1.165) is 19.6 Å². The zero-order chi connectivity index (χ0) is 11.3. The van der Waals surface area contributed by atoms with Crippen molar-refractivity contribution in [1.29, 1.82) is 0 Å². The van der Waals surface area contributed by atoms with Crippen molar-refractivity contribution in [2.75, 3.05) is 20.3 Å². The summed E-state index contributed by atoms with van der Waals surface area (Å²) in [5, 5.41) is 2.93. The van der Waals surface area contributed by atoms with Gasteiger partial charge in [0.1, 0.15) is 0 Å². The van der Waals surface area contributed by atoms with E-state index in [9.17, 15) is 4.79 Å². The standard InChI is InChI=1S/C11H22N2O2/c1-3-9(12)10(14)13-8-11(4-5-11)6-7-15-2/h9H,3-8,12H2,1-2H3,(H,13,14)/t9-/m0/s1. The number of hydrogen-bond acceptors (Lipinski definition) is 3. The predicted molar refractivity (Wildman–Crippen MR) is 59.4 cm³/mol. The molecule has 0 aromatic heterocycles. The topological polar surface area (TPSA) is 64.4 Å². The Morgan fingerprint density at radius 1 is 1.60 bits per heavy atom. The number of nitrogens with one attached hydrogen (secondary N) is 1. The third kappa shape index (κ3) is 3.80. The Balaban J connectivity index is 2.21. The molecule has 15 heavy (non-hydrogen) atoms. The number of methoxy groups -OCH3 is 1. The molecule has 1 fully saturated rings. The lowest BCUT2D eigenvalue weighted by molar-refractivity contribution is -0.122. The van der Waals surface area contributed by atoms with Crippen LogP contribution in [-0.2, 0) is 9.53 Å². The van der Waals surface area contributed by atoms with E-state index in [-0.39, 0.29) is 11.9 Å². The molecule has 0 radical (unpaired) electrons. The van der Waals surface area contributed by atoms with Crippen molar-refractivity contribution in [2.24, 2.45) is 11.1 Å². The van der Waals surface area contributed by atoms with Crippen LogP contribution in [-0.4, -0.2) is 32.2 Å². The average molecular weight is 214 g/mol. The molecule has 0 spiro atoms. The summed E-state index contributed by atoms with van der Waals surface area (Å²) in [5.74, 6) is -0.0267. The van der Waals surface area contributed by atoms with E-state index in [1.165, 1.54) is 12.8 Å². The van der Waals surface area contributed by atoms with Crippen LogP contribution < -0.4 is 11.1 Å². The Morgan fingerprint density at radius 2 is 2.27 bits per heavy atom. The van der Waals surface area contributed by atoms with Crippen molar-refractivity contribution in [1.82, 2.24) is 5.32 Å². The fourth-order valence-corrected chi connectivity index (χ4v) is 1.60. The fourth-order valence-electron chi connectivity index (χ4n) is 1.60. The predicted octanol–water partition coefficient (Wildman–Crippen LogP) is 0.657. The molecule has 4 nitrogen and oxygen atoms in total. The molecule has 1 rings (SSSR count). The van der Waals surface area contributed by atoms with E-state index in [1.54, 1.807) is 7.11 Å². The molecular formula is C11H22N2O2. The maximum Gasteiger partial charge on any atom is 0.236 e. The number of hydrogen-bond donors (Lipinski definition) is 2. The SMILES string of the molecule is CC[C@H](N)C(=O)NCC1(CCOC)CC1. The number of carbonyl (C=O) groups excluding carboxylic acids is 1. The summed E-state index contributed by atoms with van der Waals surface area (Å²) >= 11 is 0. The third-order valence-electron chi connectivity index (χ3n) is 3.21. The van der Waals surface area contributed by atoms with Gasteiger partial charge in [0.25, 0.3) is 0 Å². The van der Waals surface area contributed by atoms with Gasteiger partial charge in [-0.2, -0.15) is 0 Å². The minimum atomic E-state index is -0.358. The number of amides is 1. The number of carbonyl (C=O) groups is 1. The molecule has 1 aliphatic rings. The van der Waals surface area contributed by atoms with E-state index in [4.69, 9.17) is 10.5 Å². The van der Waals surface area contributed by atoms with Crippen molar-refractivity contribution >= 4 is 5.91 Å². The van der Waals surface area contributed by atoms with Crippen LogP contribution in [0.5, 0.6) is 0 Å². The molecule has 0 unspecified atom stereocenters. The molecule has 1 atom stereocenters. The van der Waals surface area contributed by atoms with Gasteiger partial charge >= 0.3 is 0 Å². The molecule has 0 saturated heterocycles. The lowest BCUT2D eigenvalue weighted by Crippen LogP contribution is -2.42. The second-order valence-corrected chi connectivity index (χ2v) is 4.48. The van der Waals surface area contributed by atoms with Gasteiger partial charge in [0.2, 0.25) is 5.91 Å². The molecule has 88 valence electrons. The number of ether oxygens (including phenoxy) is 1. The molecule has 0 heterocycles. The molecule has 1 saturated carbocycles. The zero-order valence-corrected chi connectivity index (χ0v) is 9.71. The summed E-state index contributed by atoms with van der Waals surface area (Å²) in [6.45, 7) is 3.45. The summed E-state index contributed by atoms with van der Waals surface area (Å²) < 4.78 is 5.06. The Labute approximate surface area is 91.5 Å². The normalized spacial score (nSPS) is 19.7. The Bertz CT molecular complexity index is 215. The van der Waals surface area contributed by atoms with Gasteiger partial charge in [-0.15, -0.1) is 0 Å².